The Morgan fingerprint density at radius 3 is 2.46 bits per heavy atom. The van der Waals surface area contributed by atoms with E-state index >= 15 is 0 Å². The zero-order chi connectivity index (χ0) is 10.3. The topological polar surface area (TPSA) is 0 Å². The van der Waals surface area contributed by atoms with Crippen LogP contribution < -0.4 is 0 Å². The van der Waals surface area contributed by atoms with Gasteiger partial charge in [0.2, 0.25) is 0 Å². The quantitative estimate of drug-likeness (QED) is 0.423. The molecular formula is C12H23B. The molecular weight excluding hydrogens is 155 g/mol. The summed E-state index contributed by atoms with van der Waals surface area (Å²) in [5, 5.41) is -0.105. The molecule has 0 saturated carbocycles. The van der Waals surface area contributed by atoms with Gasteiger partial charge in [-0.3, -0.25) is 0 Å². The van der Waals surface area contributed by atoms with Gasteiger partial charge in [-0.05, 0) is 12.3 Å². The van der Waals surface area contributed by atoms with Crippen molar-refractivity contribution in [2.24, 2.45) is 5.92 Å². The highest BCUT2D eigenvalue weighted by Gasteiger charge is 2.08. The molecule has 13 heavy (non-hydrogen) atoms. The number of allylic oxidation sites excluding steroid dienone is 2. The van der Waals surface area contributed by atoms with E-state index in [0.717, 1.165) is 12.3 Å². The smallest absolute Gasteiger partial charge is 0.0798 e. The Balaban J connectivity index is 3.73. The molecule has 0 amide bonds. The summed E-state index contributed by atoms with van der Waals surface area (Å²) in [5.74, 6) is 0.800. The molecule has 0 aromatic heterocycles. The van der Waals surface area contributed by atoms with Gasteiger partial charge in [0.15, 0.2) is 0 Å². The molecule has 0 saturated heterocycles. The van der Waals surface area contributed by atoms with Gasteiger partial charge >= 0.3 is 0 Å². The van der Waals surface area contributed by atoms with Gasteiger partial charge in [0, 0.05) is 0 Å². The normalized spacial score (nSPS) is 18.8. The van der Waals surface area contributed by atoms with E-state index in [0.29, 0.717) is 0 Å². The van der Waals surface area contributed by atoms with Crippen molar-refractivity contribution in [3.8, 4) is 0 Å². The van der Waals surface area contributed by atoms with E-state index in [9.17, 15) is 0 Å². The molecule has 0 N–H and O–H groups in total. The first-order chi connectivity index (χ1) is 6.02. The largest absolute Gasteiger partial charge is 0.0914 e. The second kappa shape index (κ2) is 6.29. The fourth-order valence-corrected chi connectivity index (χ4v) is 1.30. The van der Waals surface area contributed by atoms with Crippen molar-refractivity contribution in [1.29, 1.82) is 0 Å². The number of hydrogen-bond acceptors (Lipinski definition) is 0. The van der Waals surface area contributed by atoms with Crippen LogP contribution in [0.4, 0.5) is 0 Å². The Kier molecular flexibility index (Phi) is 6.19. The lowest BCUT2D eigenvalue weighted by Crippen LogP contribution is -2.01. The third kappa shape index (κ3) is 6.92. The average Bonchev–Trinajstić information content (AvgIpc) is 2.05. The van der Waals surface area contributed by atoms with E-state index < -0.39 is 0 Å². The molecule has 0 nitrogen and oxygen atoms in total. The van der Waals surface area contributed by atoms with E-state index in [2.05, 4.69) is 39.8 Å². The summed E-state index contributed by atoms with van der Waals surface area (Å²) in [4.78, 5) is 0. The van der Waals surface area contributed by atoms with E-state index in [1.165, 1.54) is 19.3 Å². The average molecular weight is 178 g/mol. The highest BCUT2D eigenvalue weighted by atomic mass is 14.1. The SMILES string of the molecule is [B]C(C)(/C=C/CC(C)CCC)CC. The number of hydrogen-bond donors (Lipinski definition) is 0. The van der Waals surface area contributed by atoms with Crippen LogP contribution in [0.3, 0.4) is 0 Å². The van der Waals surface area contributed by atoms with Crippen molar-refractivity contribution in [2.45, 2.75) is 58.7 Å². The molecule has 0 aliphatic carbocycles. The molecule has 0 bridgehead atoms. The molecule has 0 aliphatic rings. The second-order valence-electron chi connectivity index (χ2n) is 4.39. The lowest BCUT2D eigenvalue weighted by Gasteiger charge is -2.17. The third-order valence-electron chi connectivity index (χ3n) is 2.58. The van der Waals surface area contributed by atoms with Crippen molar-refractivity contribution >= 4 is 7.85 Å². The highest BCUT2D eigenvalue weighted by Crippen LogP contribution is 2.26. The summed E-state index contributed by atoms with van der Waals surface area (Å²) in [5.41, 5.74) is 0. The summed E-state index contributed by atoms with van der Waals surface area (Å²) in [7, 11) is 5.99. The molecule has 0 aromatic carbocycles. The van der Waals surface area contributed by atoms with Crippen molar-refractivity contribution in [3.05, 3.63) is 12.2 Å². The van der Waals surface area contributed by atoms with Crippen molar-refractivity contribution in [2.75, 3.05) is 0 Å². The van der Waals surface area contributed by atoms with Gasteiger partial charge in [0.1, 0.15) is 0 Å². The van der Waals surface area contributed by atoms with Gasteiger partial charge in [-0.2, -0.15) is 0 Å². The zero-order valence-electron chi connectivity index (χ0n) is 9.64. The summed E-state index contributed by atoms with van der Waals surface area (Å²) in [6.07, 6.45) is 9.16. The Bertz CT molecular complexity index is 147. The Labute approximate surface area is 85.2 Å². The predicted octanol–water partition coefficient (Wildman–Crippen LogP) is 4.13. The maximum atomic E-state index is 5.99. The van der Waals surface area contributed by atoms with Crippen LogP contribution in [0.25, 0.3) is 0 Å². The van der Waals surface area contributed by atoms with Gasteiger partial charge in [-0.15, -0.1) is 0 Å². The van der Waals surface area contributed by atoms with Gasteiger partial charge in [0.05, 0.1) is 7.85 Å². The van der Waals surface area contributed by atoms with Crippen molar-refractivity contribution < 1.29 is 0 Å². The Morgan fingerprint density at radius 2 is 2.00 bits per heavy atom. The third-order valence-corrected chi connectivity index (χ3v) is 2.58. The molecule has 0 aliphatic heterocycles. The van der Waals surface area contributed by atoms with Gasteiger partial charge < -0.3 is 0 Å². The second-order valence-corrected chi connectivity index (χ2v) is 4.39. The first-order valence-electron chi connectivity index (χ1n) is 5.48. The molecule has 2 unspecified atom stereocenters. The lowest BCUT2D eigenvalue weighted by atomic mass is 9.68. The van der Waals surface area contributed by atoms with Crippen LogP contribution in [0.15, 0.2) is 12.2 Å². The lowest BCUT2D eigenvalue weighted by molar-refractivity contribution is 0.530. The van der Waals surface area contributed by atoms with Crippen LogP contribution in [0, 0.1) is 5.92 Å². The minimum Gasteiger partial charge on any atom is -0.0914 e. The maximum Gasteiger partial charge on any atom is 0.0798 e. The molecule has 2 atom stereocenters. The van der Waals surface area contributed by atoms with E-state index in [1.807, 2.05) is 0 Å². The first kappa shape index (κ1) is 12.8. The van der Waals surface area contributed by atoms with E-state index in [4.69, 9.17) is 7.85 Å². The maximum absolute atomic E-state index is 5.99. The summed E-state index contributed by atoms with van der Waals surface area (Å²) in [6.45, 7) is 8.74. The van der Waals surface area contributed by atoms with Crippen LogP contribution in [0.2, 0.25) is 5.31 Å². The molecule has 0 aromatic rings. The van der Waals surface area contributed by atoms with Gasteiger partial charge in [-0.25, -0.2) is 0 Å². The van der Waals surface area contributed by atoms with Crippen LogP contribution in [-0.4, -0.2) is 7.85 Å². The van der Waals surface area contributed by atoms with Crippen LogP contribution in [0.1, 0.15) is 53.4 Å². The van der Waals surface area contributed by atoms with Crippen LogP contribution >= 0.6 is 0 Å². The van der Waals surface area contributed by atoms with Crippen molar-refractivity contribution in [3.63, 3.8) is 0 Å². The summed E-state index contributed by atoms with van der Waals surface area (Å²) < 4.78 is 0. The predicted molar refractivity (Wildman–Crippen MR) is 62.2 cm³/mol. The fourth-order valence-electron chi connectivity index (χ4n) is 1.30. The standard InChI is InChI=1S/C12H23B/c1-5-8-11(3)9-7-10-12(4,13)6-2/h7,10-11H,5-6,8-9H2,1-4H3/b10-7+. The Morgan fingerprint density at radius 1 is 1.38 bits per heavy atom. The monoisotopic (exact) mass is 178 g/mol. The Hall–Kier alpha value is -0.195. The molecule has 0 spiro atoms. The van der Waals surface area contributed by atoms with Crippen LogP contribution in [0.5, 0.6) is 0 Å². The summed E-state index contributed by atoms with van der Waals surface area (Å²) >= 11 is 0. The fraction of sp³-hybridized carbons (Fsp3) is 0.833. The van der Waals surface area contributed by atoms with Crippen molar-refractivity contribution in [1.82, 2.24) is 0 Å². The highest BCUT2D eigenvalue weighted by molar-refractivity contribution is 6.16. The van der Waals surface area contributed by atoms with E-state index in [1.54, 1.807) is 0 Å². The summed E-state index contributed by atoms with van der Waals surface area (Å²) in [6, 6.07) is 0. The molecule has 2 radical (unpaired) electrons. The first-order valence-corrected chi connectivity index (χ1v) is 5.48. The minimum atomic E-state index is -0.105. The molecule has 74 valence electrons. The molecule has 1 heteroatoms. The minimum absolute atomic E-state index is 0.105. The zero-order valence-corrected chi connectivity index (χ0v) is 9.64. The van der Waals surface area contributed by atoms with E-state index in [-0.39, 0.29) is 5.31 Å². The molecule has 0 heterocycles. The number of rotatable bonds is 6. The van der Waals surface area contributed by atoms with Crippen LogP contribution in [-0.2, 0) is 0 Å². The van der Waals surface area contributed by atoms with Gasteiger partial charge in [-0.1, -0.05) is 64.4 Å². The molecule has 0 rings (SSSR count). The molecule has 0 fully saturated rings. The van der Waals surface area contributed by atoms with Gasteiger partial charge in [0.25, 0.3) is 0 Å².